The highest BCUT2D eigenvalue weighted by Crippen LogP contribution is 2.21. The number of aromatic nitrogens is 4. The van der Waals surface area contributed by atoms with Crippen molar-refractivity contribution in [3.8, 4) is 0 Å². The molecule has 23 heavy (non-hydrogen) atoms. The minimum absolute atomic E-state index is 0.488. The normalized spacial score (nSPS) is 11.4. The molecule has 2 aromatic rings. The van der Waals surface area contributed by atoms with Crippen molar-refractivity contribution in [1.29, 1.82) is 0 Å². The van der Waals surface area contributed by atoms with Gasteiger partial charge in [-0.05, 0) is 6.07 Å². The van der Waals surface area contributed by atoms with Crippen molar-refractivity contribution in [2.75, 3.05) is 25.5 Å². The molecule has 8 nitrogen and oxygen atoms in total. The van der Waals surface area contributed by atoms with Gasteiger partial charge in [-0.25, -0.2) is 9.97 Å². The molecule has 2 heterocycles. The predicted octanol–water partition coefficient (Wildman–Crippen LogP) is 1.29. The highest BCUT2D eigenvalue weighted by molar-refractivity contribution is 6.35. The molecule has 124 valence electrons. The van der Waals surface area contributed by atoms with E-state index in [1.54, 1.807) is 24.0 Å². The third-order valence-corrected chi connectivity index (χ3v) is 3.46. The van der Waals surface area contributed by atoms with Crippen LogP contribution in [-0.2, 0) is 13.6 Å². The molecule has 0 aromatic carbocycles. The maximum atomic E-state index is 6.04. The minimum Gasteiger partial charge on any atom is -0.367 e. The van der Waals surface area contributed by atoms with Gasteiger partial charge in [0.05, 0.1) is 16.6 Å². The van der Waals surface area contributed by atoms with E-state index in [1.807, 2.05) is 7.05 Å². The van der Waals surface area contributed by atoms with Gasteiger partial charge in [-0.3, -0.25) is 9.67 Å². The van der Waals surface area contributed by atoms with Crippen molar-refractivity contribution < 1.29 is 0 Å². The first-order valence-corrected chi connectivity index (χ1v) is 7.68. The zero-order chi connectivity index (χ0) is 16.7. The number of aliphatic imine (C=N–C) groups is 1. The van der Waals surface area contributed by atoms with Crippen molar-refractivity contribution >= 4 is 35.0 Å². The summed E-state index contributed by atoms with van der Waals surface area (Å²) in [6.07, 6.45) is 3.06. The molecule has 0 saturated heterocycles. The van der Waals surface area contributed by atoms with Gasteiger partial charge in [-0.15, -0.1) is 0 Å². The second-order valence-electron chi connectivity index (χ2n) is 4.56. The third kappa shape index (κ3) is 5.26. The van der Waals surface area contributed by atoms with Gasteiger partial charge in [0.1, 0.15) is 18.0 Å². The van der Waals surface area contributed by atoms with Crippen LogP contribution in [0.25, 0.3) is 0 Å². The van der Waals surface area contributed by atoms with E-state index in [9.17, 15) is 0 Å². The Labute approximate surface area is 144 Å². The zero-order valence-electron chi connectivity index (χ0n) is 12.8. The molecule has 0 aliphatic carbocycles. The molecule has 2 rings (SSSR count). The molecule has 0 bridgehead atoms. The Morgan fingerprint density at radius 1 is 1.26 bits per heavy atom. The largest absolute Gasteiger partial charge is 0.367 e. The molecule has 0 spiro atoms. The van der Waals surface area contributed by atoms with Crippen LogP contribution in [0.4, 0.5) is 5.82 Å². The second-order valence-corrected chi connectivity index (χ2v) is 5.41. The number of pyridine rings is 1. The zero-order valence-corrected chi connectivity index (χ0v) is 14.4. The van der Waals surface area contributed by atoms with Gasteiger partial charge in [0, 0.05) is 33.4 Å². The van der Waals surface area contributed by atoms with Crippen LogP contribution >= 0.6 is 23.2 Å². The Morgan fingerprint density at radius 3 is 2.74 bits per heavy atom. The lowest BCUT2D eigenvalue weighted by molar-refractivity contribution is 0.673. The molecule has 0 saturated carbocycles. The first kappa shape index (κ1) is 17.3. The molecule has 2 aromatic heterocycles. The Hall–Kier alpha value is -2.06. The summed E-state index contributed by atoms with van der Waals surface area (Å²) in [6.45, 7) is 1.80. The quantitative estimate of drug-likeness (QED) is 0.410. The summed E-state index contributed by atoms with van der Waals surface area (Å²) in [4.78, 5) is 12.4. The van der Waals surface area contributed by atoms with Crippen LogP contribution in [0, 0.1) is 0 Å². The van der Waals surface area contributed by atoms with Crippen LogP contribution in [0.15, 0.2) is 23.6 Å². The highest BCUT2D eigenvalue weighted by atomic mass is 35.5. The van der Waals surface area contributed by atoms with Crippen LogP contribution in [0.5, 0.6) is 0 Å². The Bertz CT molecular complexity index is 670. The standard InChI is InChI=1S/C13H18Cl2N8/c1-16-13(20-7-11-21-8-22-23(11)2)18-4-3-17-12-10(15)5-9(14)6-19-12/h5-6,8H,3-4,7H2,1-2H3,(H,17,19)(H2,16,18,20). The molecule has 0 unspecified atom stereocenters. The van der Waals surface area contributed by atoms with Crippen molar-refractivity contribution in [1.82, 2.24) is 30.4 Å². The number of nitrogens with one attached hydrogen (secondary N) is 3. The lowest BCUT2D eigenvalue weighted by Gasteiger charge is -2.12. The number of guanidine groups is 1. The number of anilines is 1. The molecule has 0 radical (unpaired) electrons. The molecular weight excluding hydrogens is 339 g/mol. The molecular formula is C13H18Cl2N8. The van der Waals surface area contributed by atoms with E-state index in [4.69, 9.17) is 23.2 Å². The summed E-state index contributed by atoms with van der Waals surface area (Å²) in [5.41, 5.74) is 0. The highest BCUT2D eigenvalue weighted by Gasteiger charge is 2.04. The number of rotatable bonds is 6. The van der Waals surface area contributed by atoms with E-state index in [-0.39, 0.29) is 0 Å². The minimum atomic E-state index is 0.488. The summed E-state index contributed by atoms with van der Waals surface area (Å²) >= 11 is 11.8. The third-order valence-electron chi connectivity index (χ3n) is 2.96. The van der Waals surface area contributed by atoms with Crippen LogP contribution in [-0.4, -0.2) is 45.8 Å². The molecule has 10 heteroatoms. The SMILES string of the molecule is CN=C(NCCNc1ncc(Cl)cc1Cl)NCc1ncnn1C. The maximum absolute atomic E-state index is 6.04. The fraction of sp³-hybridized carbons (Fsp3) is 0.385. The van der Waals surface area contributed by atoms with Crippen molar-refractivity contribution in [2.24, 2.45) is 12.0 Å². The van der Waals surface area contributed by atoms with Gasteiger partial charge >= 0.3 is 0 Å². The van der Waals surface area contributed by atoms with Gasteiger partial charge in [0.2, 0.25) is 0 Å². The summed E-state index contributed by atoms with van der Waals surface area (Å²) in [5.74, 6) is 2.09. The van der Waals surface area contributed by atoms with Crippen molar-refractivity contribution in [3.05, 3.63) is 34.5 Å². The monoisotopic (exact) mass is 356 g/mol. The maximum Gasteiger partial charge on any atom is 0.191 e. The van der Waals surface area contributed by atoms with E-state index < -0.39 is 0 Å². The average Bonchev–Trinajstić information content (AvgIpc) is 2.93. The smallest absolute Gasteiger partial charge is 0.191 e. The molecule has 3 N–H and O–H groups in total. The van der Waals surface area contributed by atoms with Crippen LogP contribution < -0.4 is 16.0 Å². The molecule has 0 aliphatic rings. The Kier molecular flexibility index (Phi) is 6.42. The van der Waals surface area contributed by atoms with E-state index in [0.717, 1.165) is 5.82 Å². The summed E-state index contributed by atoms with van der Waals surface area (Å²) < 4.78 is 1.70. The summed E-state index contributed by atoms with van der Waals surface area (Å²) in [7, 11) is 3.55. The second kappa shape index (κ2) is 8.54. The average molecular weight is 357 g/mol. The van der Waals surface area contributed by atoms with E-state index >= 15 is 0 Å². The number of hydrogen-bond acceptors (Lipinski definition) is 5. The lowest BCUT2D eigenvalue weighted by atomic mass is 10.4. The van der Waals surface area contributed by atoms with Gasteiger partial charge < -0.3 is 16.0 Å². The van der Waals surface area contributed by atoms with Crippen molar-refractivity contribution in [2.45, 2.75) is 6.54 Å². The van der Waals surface area contributed by atoms with Gasteiger partial charge in [0.25, 0.3) is 0 Å². The summed E-state index contributed by atoms with van der Waals surface area (Å²) in [5, 5.41) is 14.5. The van der Waals surface area contributed by atoms with Gasteiger partial charge in [-0.1, -0.05) is 23.2 Å². The summed E-state index contributed by atoms with van der Waals surface area (Å²) in [6, 6.07) is 1.65. The van der Waals surface area contributed by atoms with E-state index in [1.165, 1.54) is 6.33 Å². The van der Waals surface area contributed by atoms with Crippen LogP contribution in [0.3, 0.4) is 0 Å². The molecule has 0 amide bonds. The number of hydrogen-bond donors (Lipinski definition) is 3. The molecule has 0 atom stereocenters. The number of aryl methyl sites for hydroxylation is 1. The van der Waals surface area contributed by atoms with Crippen LogP contribution in [0.2, 0.25) is 10.0 Å². The van der Waals surface area contributed by atoms with Gasteiger partial charge in [0.15, 0.2) is 5.96 Å². The van der Waals surface area contributed by atoms with E-state index in [0.29, 0.717) is 41.5 Å². The van der Waals surface area contributed by atoms with Gasteiger partial charge in [-0.2, -0.15) is 5.10 Å². The van der Waals surface area contributed by atoms with Crippen LogP contribution in [0.1, 0.15) is 5.82 Å². The van der Waals surface area contributed by atoms with Crippen molar-refractivity contribution in [3.63, 3.8) is 0 Å². The predicted molar refractivity (Wildman–Crippen MR) is 92.0 cm³/mol. The number of halogens is 2. The lowest BCUT2D eigenvalue weighted by Crippen LogP contribution is -2.39. The first-order chi connectivity index (χ1) is 11.1. The number of nitrogens with zero attached hydrogens (tertiary/aromatic N) is 5. The molecule has 0 aliphatic heterocycles. The topological polar surface area (TPSA) is 92.1 Å². The fourth-order valence-corrected chi connectivity index (χ4v) is 2.22. The first-order valence-electron chi connectivity index (χ1n) is 6.92. The Balaban J connectivity index is 1.72. The van der Waals surface area contributed by atoms with E-state index in [2.05, 4.69) is 36.0 Å². The molecule has 0 fully saturated rings. The fourth-order valence-electron chi connectivity index (χ4n) is 1.77. The Morgan fingerprint density at radius 2 is 2.09 bits per heavy atom.